The number of thiazole rings is 2. The van der Waals surface area contributed by atoms with E-state index in [1.165, 1.54) is 100 Å². The summed E-state index contributed by atoms with van der Waals surface area (Å²) in [6.45, 7) is 6.12. The number of hydrogen-bond donors (Lipinski definition) is 0. The summed E-state index contributed by atoms with van der Waals surface area (Å²) in [4.78, 5) is 126. The number of anilines is 4. The minimum absolute atomic E-state index is 0.00568. The third kappa shape index (κ3) is 28.2. The van der Waals surface area contributed by atoms with Crippen LogP contribution in [0.15, 0.2) is 245 Å². The van der Waals surface area contributed by atoms with Gasteiger partial charge in [0.05, 0.1) is 118 Å². The average molecular weight is 1790 g/mol. The van der Waals surface area contributed by atoms with Gasteiger partial charge in [-0.05, 0) is 129 Å². The summed E-state index contributed by atoms with van der Waals surface area (Å²) in [5, 5.41) is 2.76. The summed E-state index contributed by atoms with van der Waals surface area (Å²) >= 11 is 20.3. The van der Waals surface area contributed by atoms with Gasteiger partial charge in [0.2, 0.25) is 5.88 Å². The van der Waals surface area contributed by atoms with E-state index < -0.39 is 34.2 Å². The average Bonchev–Trinajstić information content (AvgIpc) is 1.63. The van der Waals surface area contributed by atoms with E-state index in [2.05, 4.69) is 74.8 Å². The van der Waals surface area contributed by atoms with Gasteiger partial charge < -0.3 is 28.7 Å². The number of carbonyl (C=O) groups is 5. The molecule has 15 aromatic rings. The van der Waals surface area contributed by atoms with Gasteiger partial charge >= 0.3 is 0 Å². The SMILES string of the molecule is CC(F)(F)c1csc(CC(=O)c2cc(F)cc(Oc3cncnc3)c2)n1.COc1cccc(CC(=O)c2cc(Cl)cc(Oc3cncnc3)c2)n1.Cc1cccc(CC(=O)c2cc(Cl)cc(N(C)c3cncnc3)c2)n1.Cc1cncc(CC(=O)c2cc(Cl)cc(N(C)c3cncnc3)c2)c1.Cc1nc(CC(=O)c2cc(F)cc(Oc3cncnc3)c2)sc1F. The van der Waals surface area contributed by atoms with Crippen LogP contribution in [0.3, 0.4) is 0 Å². The predicted molar refractivity (Wildman–Crippen MR) is 461 cm³/mol. The van der Waals surface area contributed by atoms with E-state index in [0.29, 0.717) is 65.6 Å². The number of methoxy groups -OCH3 is 1. The summed E-state index contributed by atoms with van der Waals surface area (Å²) < 4.78 is 88.9. The number of benzene rings is 5. The van der Waals surface area contributed by atoms with E-state index in [1.807, 2.05) is 74.1 Å². The summed E-state index contributed by atoms with van der Waals surface area (Å²) in [6.07, 6.45) is 26.3. The van der Waals surface area contributed by atoms with Crippen LogP contribution in [-0.2, 0) is 38.0 Å². The maximum absolute atomic E-state index is 13.8. The Hall–Kier alpha value is -14.1. The molecule has 0 atom stereocenters. The Balaban J connectivity index is 0.000000152. The topological polar surface area (TPSA) is 322 Å². The van der Waals surface area contributed by atoms with E-state index >= 15 is 0 Å². The zero-order valence-corrected chi connectivity index (χ0v) is 71.1. The fourth-order valence-electron chi connectivity index (χ4n) is 11.3. The lowest BCUT2D eigenvalue weighted by Crippen LogP contribution is -2.12. The van der Waals surface area contributed by atoms with Crippen LogP contribution in [0.1, 0.15) is 108 Å². The number of aryl methyl sites for hydroxylation is 3. The van der Waals surface area contributed by atoms with Gasteiger partial charge in [-0.2, -0.15) is 13.2 Å². The number of alkyl halides is 2. The molecule has 0 aliphatic heterocycles. The molecule has 0 N–H and O–H groups in total. The third-order valence-electron chi connectivity index (χ3n) is 17.3. The lowest BCUT2D eigenvalue weighted by molar-refractivity contribution is 0.0132. The van der Waals surface area contributed by atoms with Crippen LogP contribution in [0.5, 0.6) is 40.4 Å². The molecule has 15 rings (SSSR count). The van der Waals surface area contributed by atoms with Crippen molar-refractivity contribution in [2.24, 2.45) is 0 Å². The van der Waals surface area contributed by atoms with E-state index in [4.69, 9.17) is 53.8 Å². The van der Waals surface area contributed by atoms with Crippen LogP contribution in [0.4, 0.5) is 44.7 Å². The molecule has 634 valence electrons. The number of hydrogen-bond acceptors (Lipinski definition) is 28. The van der Waals surface area contributed by atoms with Gasteiger partial charge in [-0.1, -0.05) is 64.3 Å². The maximum Gasteiger partial charge on any atom is 0.287 e. The molecular formula is C89H71Cl3F5N17O9S2. The number of ketones is 5. The first-order valence-corrected chi connectivity index (χ1v) is 40.1. The first-order chi connectivity index (χ1) is 60.0. The molecule has 10 heterocycles. The van der Waals surface area contributed by atoms with E-state index in [0.717, 1.165) is 99.1 Å². The molecule has 10 aromatic heterocycles. The van der Waals surface area contributed by atoms with Crippen LogP contribution >= 0.6 is 57.5 Å². The molecule has 0 radical (unpaired) electrons. The number of halogens is 8. The van der Waals surface area contributed by atoms with Crippen LogP contribution < -0.4 is 28.7 Å². The van der Waals surface area contributed by atoms with Crippen molar-refractivity contribution < 1.29 is 64.9 Å². The van der Waals surface area contributed by atoms with E-state index in [9.17, 15) is 45.9 Å². The van der Waals surface area contributed by atoms with Crippen molar-refractivity contribution in [2.75, 3.05) is 31.0 Å². The molecule has 0 aliphatic rings. The van der Waals surface area contributed by atoms with Crippen molar-refractivity contribution in [1.29, 1.82) is 0 Å². The van der Waals surface area contributed by atoms with E-state index in [1.54, 1.807) is 97.8 Å². The number of pyridine rings is 3. The largest absolute Gasteiger partial charge is 0.481 e. The Morgan fingerprint density at radius 3 is 1.25 bits per heavy atom. The first-order valence-electron chi connectivity index (χ1n) is 37.2. The highest BCUT2D eigenvalue weighted by Gasteiger charge is 2.29. The second kappa shape index (κ2) is 44.1. The maximum atomic E-state index is 13.8. The van der Waals surface area contributed by atoms with Crippen molar-refractivity contribution in [2.45, 2.75) is 65.7 Å². The Morgan fingerprint density at radius 1 is 0.408 bits per heavy atom. The number of nitrogens with zero attached hydrogens (tertiary/aromatic N) is 17. The fourth-order valence-corrected chi connectivity index (χ4v) is 13.7. The summed E-state index contributed by atoms with van der Waals surface area (Å²) in [5.41, 5.74) is 8.95. The van der Waals surface area contributed by atoms with Gasteiger partial charge in [-0.25, -0.2) is 73.6 Å². The molecule has 0 unspecified atom stereocenters. The molecule has 0 saturated heterocycles. The fraction of sp³-hybridized carbons (Fsp3) is 0.146. The summed E-state index contributed by atoms with van der Waals surface area (Å²) in [6, 6.07) is 35.6. The van der Waals surface area contributed by atoms with Crippen molar-refractivity contribution in [1.82, 2.24) is 74.8 Å². The number of carbonyl (C=O) groups excluding carboxylic acids is 5. The molecule has 0 bridgehead atoms. The molecule has 36 heteroatoms. The van der Waals surface area contributed by atoms with Crippen molar-refractivity contribution in [3.05, 3.63) is 354 Å². The Kier molecular flexibility index (Phi) is 32.3. The molecule has 125 heavy (non-hydrogen) atoms. The summed E-state index contributed by atoms with van der Waals surface area (Å²) in [5.74, 6) is -3.15. The number of Topliss-reactive ketones (excluding diaryl/α,β-unsaturated/α-hetero) is 5. The molecule has 0 amide bonds. The lowest BCUT2D eigenvalue weighted by Gasteiger charge is -2.19. The van der Waals surface area contributed by atoms with Gasteiger partial charge in [0.25, 0.3) is 5.92 Å². The van der Waals surface area contributed by atoms with Gasteiger partial charge in [-0.15, -0.1) is 11.3 Å². The van der Waals surface area contributed by atoms with Crippen LogP contribution in [0.2, 0.25) is 15.1 Å². The standard InChI is InChI=1S/2C19H17ClN4O.C18H14ClN3O3.C17H12F3N3O2S.C16H11F2N3O2S/c1-13-3-14(9-21-8-13)4-19(25)15-5-16(20)7-17(6-15)24(2)18-10-22-12-23-11-18;1-13-4-3-5-16(23-13)9-19(25)14-6-15(20)8-17(7-14)24(2)18-10-21-12-22-11-18;1-24-18-4-2-3-14(22-18)8-17(23)12-5-13(19)7-15(6-12)25-16-9-20-11-21-10-16;1-17(19,20)15-8-26-16(23-15)5-14(24)10-2-11(18)4-12(3-10)25-13-6-21-9-22-7-13;1-9-16(18)24-15(21-9)5-14(22)10-2-11(17)4-12(3-10)23-13-6-19-8-20-7-13/h3,5-12H,4H2,1-2H3;3-8,10-12H,9H2,1-2H3;2-7,9-11H,8H2,1H3;2-4,6-9H,5H2,1H3;2-4,6-8H,5H2,1H3. The van der Waals surface area contributed by atoms with Crippen LogP contribution in [-0.4, -0.2) is 125 Å². The highest BCUT2D eigenvalue weighted by molar-refractivity contribution is 7.10. The monoisotopic (exact) mass is 1790 g/mol. The molecular weight excluding hydrogens is 1720 g/mol. The number of rotatable bonds is 27. The lowest BCUT2D eigenvalue weighted by atomic mass is 10.0. The quantitative estimate of drug-likeness (QED) is 0.0341. The highest BCUT2D eigenvalue weighted by Crippen LogP contribution is 2.34. The minimum Gasteiger partial charge on any atom is -0.481 e. The van der Waals surface area contributed by atoms with Crippen LogP contribution in [0.25, 0.3) is 0 Å². The predicted octanol–water partition coefficient (Wildman–Crippen LogP) is 19.9. The molecule has 26 nitrogen and oxygen atoms in total. The Bertz CT molecular complexity index is 6080. The Labute approximate surface area is 735 Å². The zero-order chi connectivity index (χ0) is 89.1. The van der Waals surface area contributed by atoms with Gasteiger partial charge in [0, 0.05) is 129 Å². The van der Waals surface area contributed by atoms with Crippen molar-refractivity contribution in [3.63, 3.8) is 0 Å². The number of aromatic nitrogens is 15. The minimum atomic E-state index is -3.07. The molecule has 0 saturated carbocycles. The van der Waals surface area contributed by atoms with Crippen molar-refractivity contribution in [3.8, 4) is 40.4 Å². The van der Waals surface area contributed by atoms with E-state index in [-0.39, 0.29) is 94.3 Å². The molecule has 0 aliphatic carbocycles. The smallest absolute Gasteiger partial charge is 0.287 e. The third-order valence-corrected chi connectivity index (χ3v) is 19.7. The van der Waals surface area contributed by atoms with Gasteiger partial charge in [0.1, 0.15) is 76.2 Å². The van der Waals surface area contributed by atoms with Gasteiger partial charge in [-0.3, -0.25) is 33.9 Å². The van der Waals surface area contributed by atoms with Crippen molar-refractivity contribution >= 4 is 109 Å². The second-order valence-electron chi connectivity index (χ2n) is 27.1. The van der Waals surface area contributed by atoms with Gasteiger partial charge in [0.15, 0.2) is 51.3 Å². The van der Waals surface area contributed by atoms with Crippen LogP contribution in [0, 0.1) is 37.5 Å². The normalized spacial score (nSPS) is 10.7. The highest BCUT2D eigenvalue weighted by atomic mass is 35.5. The number of ether oxygens (including phenoxy) is 4. The molecule has 5 aromatic carbocycles. The Morgan fingerprint density at radius 2 is 0.816 bits per heavy atom. The second-order valence-corrected chi connectivity index (χ2v) is 30.3. The molecule has 0 fully saturated rings. The first kappa shape index (κ1) is 91.6. The zero-order valence-electron chi connectivity index (χ0n) is 67.2. The molecule has 0 spiro atoms. The summed E-state index contributed by atoms with van der Waals surface area (Å²) in [7, 11) is 5.28.